The van der Waals surface area contributed by atoms with E-state index in [1.807, 2.05) is 72.8 Å². The average molecular weight is 236 g/mol. The van der Waals surface area contributed by atoms with E-state index in [1.54, 1.807) is 0 Å². The lowest BCUT2D eigenvalue weighted by Gasteiger charge is -1.97. The van der Waals surface area contributed by atoms with Gasteiger partial charge in [-0.25, -0.2) is 0 Å². The number of nitrogens with zero attached hydrogens (tertiary/aromatic N) is 1. The highest BCUT2D eigenvalue weighted by molar-refractivity contribution is 5.95. The van der Waals surface area contributed by atoms with Gasteiger partial charge in [0, 0.05) is 0 Å². The summed E-state index contributed by atoms with van der Waals surface area (Å²) in [6.07, 6.45) is 3.79. The predicted octanol–water partition coefficient (Wildman–Crippen LogP) is 3.26. The van der Waals surface area contributed by atoms with E-state index < -0.39 is 0 Å². The van der Waals surface area contributed by atoms with Crippen molar-refractivity contribution in [1.29, 1.82) is 0 Å². The lowest BCUT2D eigenvalue weighted by Crippen LogP contribution is -2.07. The molecule has 0 fully saturated rings. The van der Waals surface area contributed by atoms with E-state index in [0.717, 1.165) is 11.1 Å². The lowest BCUT2D eigenvalue weighted by atomic mass is 10.2. The molecule has 2 N–H and O–H groups in total. The van der Waals surface area contributed by atoms with Gasteiger partial charge in [0.25, 0.3) is 0 Å². The molecule has 90 valence electrons. The van der Waals surface area contributed by atoms with E-state index in [0.29, 0.717) is 12.4 Å². The number of aliphatic imine (C=N–C) groups is 1. The molecule has 0 spiro atoms. The van der Waals surface area contributed by atoms with Gasteiger partial charge < -0.3 is 5.73 Å². The molecule has 0 amide bonds. The molecule has 0 aliphatic heterocycles. The maximum atomic E-state index is 5.83. The van der Waals surface area contributed by atoms with Gasteiger partial charge in [-0.2, -0.15) is 0 Å². The molecule has 0 saturated carbocycles. The van der Waals surface area contributed by atoms with Gasteiger partial charge >= 0.3 is 0 Å². The summed E-state index contributed by atoms with van der Waals surface area (Å²) in [6.45, 7) is 0.617. The summed E-state index contributed by atoms with van der Waals surface area (Å²) in [5.74, 6) is 0.544. The van der Waals surface area contributed by atoms with Crippen LogP contribution >= 0.6 is 0 Å². The molecular formula is C16H16N2. The molecule has 0 bridgehead atoms. The van der Waals surface area contributed by atoms with Crippen LogP contribution in [0.15, 0.2) is 71.7 Å². The number of rotatable bonds is 4. The van der Waals surface area contributed by atoms with Crippen LogP contribution in [0.25, 0.3) is 6.08 Å². The molecule has 0 radical (unpaired) electrons. The summed E-state index contributed by atoms with van der Waals surface area (Å²) in [5, 5.41) is 0. The van der Waals surface area contributed by atoms with Gasteiger partial charge in [0.2, 0.25) is 0 Å². The van der Waals surface area contributed by atoms with Crippen LogP contribution in [-0.2, 0) is 6.54 Å². The Morgan fingerprint density at radius 1 is 0.944 bits per heavy atom. The predicted molar refractivity (Wildman–Crippen MR) is 77.2 cm³/mol. The van der Waals surface area contributed by atoms with Crippen molar-refractivity contribution in [1.82, 2.24) is 0 Å². The van der Waals surface area contributed by atoms with Gasteiger partial charge in [0.05, 0.1) is 6.54 Å². The third-order valence-corrected chi connectivity index (χ3v) is 2.53. The van der Waals surface area contributed by atoms with Crippen molar-refractivity contribution in [2.45, 2.75) is 6.54 Å². The molecular weight excluding hydrogens is 220 g/mol. The summed E-state index contributed by atoms with van der Waals surface area (Å²) in [6, 6.07) is 20.1. The fraction of sp³-hybridized carbons (Fsp3) is 0.0625. The zero-order valence-corrected chi connectivity index (χ0v) is 10.2. The molecule has 0 saturated heterocycles. The normalized spacial score (nSPS) is 11.9. The standard InChI is InChI=1S/C16H16N2/c17-16(12-11-14-7-3-1-4-8-14)18-13-15-9-5-2-6-10-15/h1-12H,13H2,(H2,17,18)/b12-11+. The van der Waals surface area contributed by atoms with Crippen molar-refractivity contribution in [3.05, 3.63) is 77.9 Å². The van der Waals surface area contributed by atoms with E-state index in [2.05, 4.69) is 4.99 Å². The van der Waals surface area contributed by atoms with Gasteiger partial charge in [0.1, 0.15) is 5.84 Å². The molecule has 0 atom stereocenters. The summed E-state index contributed by atoms with van der Waals surface area (Å²) in [5.41, 5.74) is 8.11. The number of nitrogens with two attached hydrogens (primary N) is 1. The first-order chi connectivity index (χ1) is 8.84. The second-order valence-corrected chi connectivity index (χ2v) is 3.97. The molecule has 2 aromatic rings. The Labute approximate surface area is 107 Å². The monoisotopic (exact) mass is 236 g/mol. The van der Waals surface area contributed by atoms with Gasteiger partial charge in [-0.3, -0.25) is 4.99 Å². The summed E-state index contributed by atoms with van der Waals surface area (Å²) >= 11 is 0. The largest absolute Gasteiger partial charge is 0.384 e. The molecule has 0 heterocycles. The maximum Gasteiger partial charge on any atom is 0.118 e. The first-order valence-electron chi connectivity index (χ1n) is 5.91. The third-order valence-electron chi connectivity index (χ3n) is 2.53. The molecule has 2 aromatic carbocycles. The van der Waals surface area contributed by atoms with Gasteiger partial charge in [0.15, 0.2) is 0 Å². The number of hydrogen-bond donors (Lipinski definition) is 1. The van der Waals surface area contributed by atoms with E-state index in [9.17, 15) is 0 Å². The van der Waals surface area contributed by atoms with Crippen LogP contribution in [0.4, 0.5) is 0 Å². The zero-order chi connectivity index (χ0) is 12.6. The van der Waals surface area contributed by atoms with Crippen molar-refractivity contribution in [3.8, 4) is 0 Å². The minimum Gasteiger partial charge on any atom is -0.384 e. The van der Waals surface area contributed by atoms with Gasteiger partial charge in [-0.05, 0) is 17.2 Å². The van der Waals surface area contributed by atoms with Crippen molar-refractivity contribution in [2.75, 3.05) is 0 Å². The van der Waals surface area contributed by atoms with Crippen LogP contribution in [0, 0.1) is 0 Å². The molecule has 0 aliphatic carbocycles. The zero-order valence-electron chi connectivity index (χ0n) is 10.2. The molecule has 2 nitrogen and oxygen atoms in total. The van der Waals surface area contributed by atoms with Crippen molar-refractivity contribution in [2.24, 2.45) is 10.7 Å². The summed E-state index contributed by atoms with van der Waals surface area (Å²) in [4.78, 5) is 4.32. The Bertz CT molecular complexity index is 528. The van der Waals surface area contributed by atoms with Crippen LogP contribution in [-0.4, -0.2) is 5.84 Å². The van der Waals surface area contributed by atoms with Crippen molar-refractivity contribution < 1.29 is 0 Å². The topological polar surface area (TPSA) is 38.4 Å². The smallest absolute Gasteiger partial charge is 0.118 e. The maximum absolute atomic E-state index is 5.83. The second-order valence-electron chi connectivity index (χ2n) is 3.97. The summed E-state index contributed by atoms with van der Waals surface area (Å²) < 4.78 is 0. The highest BCUT2D eigenvalue weighted by Gasteiger charge is 1.89. The Balaban J connectivity index is 1.96. The van der Waals surface area contributed by atoms with E-state index >= 15 is 0 Å². The van der Waals surface area contributed by atoms with E-state index in [1.165, 1.54) is 0 Å². The van der Waals surface area contributed by atoms with E-state index in [4.69, 9.17) is 5.73 Å². The van der Waals surface area contributed by atoms with Crippen LogP contribution < -0.4 is 5.73 Å². The van der Waals surface area contributed by atoms with Crippen molar-refractivity contribution >= 4 is 11.9 Å². The van der Waals surface area contributed by atoms with Crippen LogP contribution in [0.2, 0.25) is 0 Å². The SMILES string of the molecule is NC(/C=C/c1ccccc1)=NCc1ccccc1. The first kappa shape index (κ1) is 12.1. The Kier molecular flexibility index (Phi) is 4.31. The minimum atomic E-state index is 0.544. The number of hydrogen-bond acceptors (Lipinski definition) is 1. The molecule has 2 rings (SSSR count). The van der Waals surface area contributed by atoms with Crippen LogP contribution in [0.3, 0.4) is 0 Å². The number of benzene rings is 2. The second kappa shape index (κ2) is 6.40. The molecule has 2 heteroatoms. The molecule has 0 aliphatic rings. The highest BCUT2D eigenvalue weighted by Crippen LogP contribution is 2.02. The quantitative estimate of drug-likeness (QED) is 0.642. The van der Waals surface area contributed by atoms with Gasteiger partial charge in [-0.15, -0.1) is 0 Å². The molecule has 18 heavy (non-hydrogen) atoms. The third kappa shape index (κ3) is 3.91. The van der Waals surface area contributed by atoms with E-state index in [-0.39, 0.29) is 0 Å². The fourth-order valence-corrected chi connectivity index (χ4v) is 1.56. The highest BCUT2D eigenvalue weighted by atomic mass is 14.8. The minimum absolute atomic E-state index is 0.544. The Morgan fingerprint density at radius 3 is 2.22 bits per heavy atom. The molecule has 0 aromatic heterocycles. The number of amidine groups is 1. The molecule has 0 unspecified atom stereocenters. The fourth-order valence-electron chi connectivity index (χ4n) is 1.56. The van der Waals surface area contributed by atoms with Crippen LogP contribution in [0.5, 0.6) is 0 Å². The lowest BCUT2D eigenvalue weighted by molar-refractivity contribution is 1.06. The van der Waals surface area contributed by atoms with Crippen LogP contribution in [0.1, 0.15) is 11.1 Å². The summed E-state index contributed by atoms with van der Waals surface area (Å²) in [7, 11) is 0. The Hall–Kier alpha value is -2.35. The Morgan fingerprint density at radius 2 is 1.56 bits per heavy atom. The average Bonchev–Trinajstić information content (AvgIpc) is 2.45. The first-order valence-corrected chi connectivity index (χ1v) is 5.91. The van der Waals surface area contributed by atoms with Gasteiger partial charge in [-0.1, -0.05) is 66.7 Å². The van der Waals surface area contributed by atoms with Crippen molar-refractivity contribution in [3.63, 3.8) is 0 Å².